The fourth-order valence-corrected chi connectivity index (χ4v) is 9.61. The van der Waals surface area contributed by atoms with Crippen LogP contribution >= 0.6 is 0 Å². The summed E-state index contributed by atoms with van der Waals surface area (Å²) in [6.45, 7) is 13.4. The SMILES string of the molecule is CC(CCCN)[SiH](C)[Si](C)(C)C. The number of hydrogen-bond donors (Lipinski definition) is 1. The fourth-order valence-electron chi connectivity index (χ4n) is 1.54. The lowest BCUT2D eigenvalue weighted by Gasteiger charge is -2.29. The molecule has 0 radical (unpaired) electrons. The average molecular weight is 203 g/mol. The summed E-state index contributed by atoms with van der Waals surface area (Å²) in [6, 6.07) is 0. The largest absolute Gasteiger partial charge is 0.330 e. The third-order valence-electron chi connectivity index (χ3n) is 3.08. The Balaban J connectivity index is 3.84. The minimum absolute atomic E-state index is 0.433. The second-order valence-electron chi connectivity index (χ2n) is 5.06. The molecular weight excluding hydrogens is 178 g/mol. The van der Waals surface area contributed by atoms with Crippen LogP contribution in [0.3, 0.4) is 0 Å². The van der Waals surface area contributed by atoms with Gasteiger partial charge in [0.15, 0.2) is 0 Å². The second kappa shape index (κ2) is 5.19. The molecule has 0 aliphatic rings. The minimum atomic E-state index is -0.776. The molecule has 0 bridgehead atoms. The molecule has 0 aromatic carbocycles. The van der Waals surface area contributed by atoms with Crippen LogP contribution < -0.4 is 5.73 Å². The van der Waals surface area contributed by atoms with E-state index in [0.717, 1.165) is 12.1 Å². The molecule has 0 aromatic heterocycles. The predicted octanol–water partition coefficient (Wildman–Crippen LogP) is 2.39. The van der Waals surface area contributed by atoms with Crippen LogP contribution in [-0.2, 0) is 0 Å². The Morgan fingerprint density at radius 1 is 1.33 bits per heavy atom. The van der Waals surface area contributed by atoms with Crippen LogP contribution in [0.4, 0.5) is 0 Å². The van der Waals surface area contributed by atoms with Crippen molar-refractivity contribution in [2.75, 3.05) is 6.54 Å². The molecular formula is C9H25NSi2. The molecule has 0 aromatic rings. The Morgan fingerprint density at radius 2 is 1.83 bits per heavy atom. The van der Waals surface area contributed by atoms with E-state index >= 15 is 0 Å². The second-order valence-corrected chi connectivity index (χ2v) is 20.4. The topological polar surface area (TPSA) is 26.0 Å². The van der Waals surface area contributed by atoms with E-state index in [1.54, 1.807) is 0 Å². The molecule has 74 valence electrons. The molecule has 0 spiro atoms. The summed E-state index contributed by atoms with van der Waals surface area (Å²) in [5.74, 6) is 0. The van der Waals surface area contributed by atoms with Gasteiger partial charge in [-0.1, -0.05) is 45.1 Å². The van der Waals surface area contributed by atoms with Crippen LogP contribution in [0.2, 0.25) is 31.7 Å². The number of nitrogens with two attached hydrogens (primary N) is 1. The van der Waals surface area contributed by atoms with Gasteiger partial charge in [0.2, 0.25) is 0 Å². The molecule has 0 fully saturated rings. The summed E-state index contributed by atoms with van der Waals surface area (Å²) in [6.07, 6.45) is 2.59. The van der Waals surface area contributed by atoms with E-state index in [-0.39, 0.29) is 0 Å². The van der Waals surface area contributed by atoms with Gasteiger partial charge in [-0.3, -0.25) is 0 Å². The van der Waals surface area contributed by atoms with E-state index < -0.39 is 15.9 Å². The van der Waals surface area contributed by atoms with Crippen LogP contribution in [0, 0.1) is 0 Å². The van der Waals surface area contributed by atoms with Gasteiger partial charge in [0.25, 0.3) is 0 Å². The molecule has 0 aliphatic heterocycles. The van der Waals surface area contributed by atoms with Gasteiger partial charge in [-0.15, -0.1) is 0 Å². The van der Waals surface area contributed by atoms with Gasteiger partial charge in [0.05, 0.1) is 0 Å². The van der Waals surface area contributed by atoms with Crippen molar-refractivity contribution in [3.05, 3.63) is 0 Å². The Kier molecular flexibility index (Phi) is 5.36. The first-order valence-electron chi connectivity index (χ1n) is 5.09. The van der Waals surface area contributed by atoms with E-state index in [9.17, 15) is 0 Å². The van der Waals surface area contributed by atoms with Crippen molar-refractivity contribution in [1.82, 2.24) is 0 Å². The molecule has 0 rings (SSSR count). The summed E-state index contributed by atoms with van der Waals surface area (Å²) in [5.41, 5.74) is 6.51. The van der Waals surface area contributed by atoms with Gasteiger partial charge in [0.1, 0.15) is 0 Å². The third kappa shape index (κ3) is 4.43. The van der Waals surface area contributed by atoms with Crippen LogP contribution in [0.25, 0.3) is 0 Å². The van der Waals surface area contributed by atoms with E-state index in [1.807, 2.05) is 0 Å². The Morgan fingerprint density at radius 3 is 2.17 bits per heavy atom. The molecule has 0 heterocycles. The third-order valence-corrected chi connectivity index (χ3v) is 17.8. The molecule has 12 heavy (non-hydrogen) atoms. The van der Waals surface area contributed by atoms with Crippen molar-refractivity contribution in [1.29, 1.82) is 0 Å². The maximum Gasteiger partial charge on any atom is 0.0349 e. The highest BCUT2D eigenvalue weighted by Crippen LogP contribution is 2.23. The number of hydrogen-bond acceptors (Lipinski definition) is 1. The monoisotopic (exact) mass is 203 g/mol. The van der Waals surface area contributed by atoms with E-state index in [2.05, 4.69) is 33.1 Å². The van der Waals surface area contributed by atoms with Gasteiger partial charge in [-0.2, -0.15) is 0 Å². The standard InChI is InChI=1S/C9H25NSi2/c1-9(7-6-8-10)11(2)12(3,4)5/h9,11H,6-8,10H2,1-5H3. The summed E-state index contributed by atoms with van der Waals surface area (Å²) in [7, 11) is -1.21. The molecule has 2 N–H and O–H groups in total. The predicted molar refractivity (Wildman–Crippen MR) is 64.1 cm³/mol. The van der Waals surface area contributed by atoms with Crippen LogP contribution in [0.15, 0.2) is 0 Å². The minimum Gasteiger partial charge on any atom is -0.330 e. The first-order chi connectivity index (χ1) is 5.39. The van der Waals surface area contributed by atoms with Gasteiger partial charge in [-0.25, -0.2) is 0 Å². The van der Waals surface area contributed by atoms with Crippen LogP contribution in [0.5, 0.6) is 0 Å². The van der Waals surface area contributed by atoms with Gasteiger partial charge >= 0.3 is 0 Å². The zero-order valence-corrected chi connectivity index (χ0v) is 11.5. The maximum atomic E-state index is 5.51. The lowest BCUT2D eigenvalue weighted by Crippen LogP contribution is -2.42. The van der Waals surface area contributed by atoms with Crippen LogP contribution in [-0.4, -0.2) is 22.5 Å². The van der Waals surface area contributed by atoms with Crippen molar-refractivity contribution >= 4 is 15.9 Å². The first-order valence-corrected chi connectivity index (χ1v) is 12.2. The highest BCUT2D eigenvalue weighted by atomic mass is 29.2. The van der Waals surface area contributed by atoms with Gasteiger partial charge < -0.3 is 5.73 Å². The smallest absolute Gasteiger partial charge is 0.0349 e. The molecule has 3 heteroatoms. The summed E-state index contributed by atoms with van der Waals surface area (Å²) in [4.78, 5) is 0. The van der Waals surface area contributed by atoms with E-state index in [1.165, 1.54) is 12.8 Å². The lowest BCUT2D eigenvalue weighted by molar-refractivity contribution is 0.718. The number of rotatable bonds is 5. The van der Waals surface area contributed by atoms with E-state index in [0.29, 0.717) is 0 Å². The Labute approximate surface area is 80.1 Å². The zero-order chi connectivity index (χ0) is 9.78. The lowest BCUT2D eigenvalue weighted by atomic mass is 10.2. The maximum absolute atomic E-state index is 5.51. The van der Waals surface area contributed by atoms with Crippen molar-refractivity contribution in [3.63, 3.8) is 0 Å². The van der Waals surface area contributed by atoms with Crippen molar-refractivity contribution < 1.29 is 0 Å². The highest BCUT2D eigenvalue weighted by molar-refractivity contribution is 7.31. The molecule has 0 aliphatic carbocycles. The molecule has 2 atom stereocenters. The van der Waals surface area contributed by atoms with Gasteiger partial charge in [-0.05, 0) is 13.0 Å². The normalized spacial score (nSPS) is 17.5. The van der Waals surface area contributed by atoms with Crippen LogP contribution in [0.1, 0.15) is 19.8 Å². The summed E-state index contributed by atoms with van der Waals surface area (Å²) >= 11 is 0. The van der Waals surface area contributed by atoms with Gasteiger partial charge in [0, 0.05) is 15.9 Å². The molecule has 2 unspecified atom stereocenters. The molecule has 0 saturated carbocycles. The van der Waals surface area contributed by atoms with Crippen molar-refractivity contribution in [3.8, 4) is 0 Å². The fraction of sp³-hybridized carbons (Fsp3) is 1.00. The van der Waals surface area contributed by atoms with Crippen molar-refractivity contribution in [2.24, 2.45) is 5.73 Å². The van der Waals surface area contributed by atoms with Crippen molar-refractivity contribution in [2.45, 2.75) is 51.5 Å². The summed E-state index contributed by atoms with van der Waals surface area (Å²) in [5, 5.41) is 0. The average Bonchev–Trinajstić information content (AvgIpc) is 1.97. The highest BCUT2D eigenvalue weighted by Gasteiger charge is 2.27. The quantitative estimate of drug-likeness (QED) is 0.682. The summed E-state index contributed by atoms with van der Waals surface area (Å²) < 4.78 is 0. The zero-order valence-electron chi connectivity index (χ0n) is 9.35. The first kappa shape index (κ1) is 12.4. The Bertz CT molecular complexity index is 120. The molecule has 0 saturated heterocycles. The molecule has 0 amide bonds. The van der Waals surface area contributed by atoms with E-state index in [4.69, 9.17) is 5.73 Å². The molecule has 1 nitrogen and oxygen atoms in total. The Hall–Kier alpha value is 0.394.